The first-order valence-electron chi connectivity index (χ1n) is 3.57. The lowest BCUT2D eigenvalue weighted by Gasteiger charge is -2.20. The summed E-state index contributed by atoms with van der Waals surface area (Å²) in [5.74, 6) is -0.780. The van der Waals surface area contributed by atoms with Gasteiger partial charge in [-0.2, -0.15) is 0 Å². The fourth-order valence-electron chi connectivity index (χ4n) is 0.865. The standard InChI is InChI=1S/C8H10O4/c1-6(9)11-5-8(2)4-3-7(10)12-8/h3-4H,5H2,1-2H3. The van der Waals surface area contributed by atoms with Crippen LogP contribution < -0.4 is 0 Å². The van der Waals surface area contributed by atoms with E-state index in [0.717, 1.165) is 0 Å². The van der Waals surface area contributed by atoms with E-state index >= 15 is 0 Å². The van der Waals surface area contributed by atoms with Crippen LogP contribution in [-0.2, 0) is 19.1 Å². The minimum Gasteiger partial charge on any atom is -0.461 e. The van der Waals surface area contributed by atoms with Crippen LogP contribution in [0.5, 0.6) is 0 Å². The van der Waals surface area contributed by atoms with Crippen LogP contribution in [0.3, 0.4) is 0 Å². The van der Waals surface area contributed by atoms with Crippen molar-refractivity contribution in [1.29, 1.82) is 0 Å². The first kappa shape index (κ1) is 8.77. The first-order chi connectivity index (χ1) is 5.52. The zero-order chi connectivity index (χ0) is 9.19. The quantitative estimate of drug-likeness (QED) is 0.563. The van der Waals surface area contributed by atoms with E-state index in [1.54, 1.807) is 13.0 Å². The van der Waals surface area contributed by atoms with Crippen LogP contribution in [0.1, 0.15) is 13.8 Å². The monoisotopic (exact) mass is 170 g/mol. The van der Waals surface area contributed by atoms with Gasteiger partial charge in [0.2, 0.25) is 0 Å². The summed E-state index contributed by atoms with van der Waals surface area (Å²) in [6.07, 6.45) is 2.90. The zero-order valence-electron chi connectivity index (χ0n) is 6.99. The van der Waals surface area contributed by atoms with Gasteiger partial charge in [-0.15, -0.1) is 0 Å². The minimum atomic E-state index is -0.775. The summed E-state index contributed by atoms with van der Waals surface area (Å²) >= 11 is 0. The van der Waals surface area contributed by atoms with Gasteiger partial charge in [-0.25, -0.2) is 4.79 Å². The molecule has 0 aliphatic carbocycles. The van der Waals surface area contributed by atoms with E-state index in [4.69, 9.17) is 9.47 Å². The van der Waals surface area contributed by atoms with Gasteiger partial charge in [0.25, 0.3) is 0 Å². The second-order valence-electron chi connectivity index (χ2n) is 2.85. The maximum absolute atomic E-state index is 10.7. The Morgan fingerprint density at radius 3 is 2.83 bits per heavy atom. The molecule has 0 N–H and O–H groups in total. The summed E-state index contributed by atoms with van der Waals surface area (Å²) < 4.78 is 9.58. The van der Waals surface area contributed by atoms with E-state index in [0.29, 0.717) is 0 Å². The lowest BCUT2D eigenvalue weighted by molar-refractivity contribution is -0.157. The lowest BCUT2D eigenvalue weighted by atomic mass is 10.1. The summed E-state index contributed by atoms with van der Waals surface area (Å²) in [5.41, 5.74) is -0.775. The molecule has 1 unspecified atom stereocenters. The molecule has 0 aromatic carbocycles. The molecule has 12 heavy (non-hydrogen) atoms. The number of carbonyl (C=O) groups is 2. The van der Waals surface area contributed by atoms with Crippen molar-refractivity contribution >= 4 is 11.9 Å². The predicted molar refractivity (Wildman–Crippen MR) is 40.3 cm³/mol. The largest absolute Gasteiger partial charge is 0.461 e. The van der Waals surface area contributed by atoms with Crippen molar-refractivity contribution in [2.24, 2.45) is 0 Å². The van der Waals surface area contributed by atoms with Gasteiger partial charge in [-0.3, -0.25) is 4.79 Å². The highest BCUT2D eigenvalue weighted by Gasteiger charge is 2.31. The average molecular weight is 170 g/mol. The van der Waals surface area contributed by atoms with E-state index < -0.39 is 11.6 Å². The third kappa shape index (κ3) is 2.08. The van der Waals surface area contributed by atoms with E-state index in [-0.39, 0.29) is 12.6 Å². The molecule has 0 aromatic rings. The predicted octanol–water partition coefficient (Wildman–Crippen LogP) is 0.421. The molecular formula is C8H10O4. The van der Waals surface area contributed by atoms with Crippen molar-refractivity contribution in [3.63, 3.8) is 0 Å². The highest BCUT2D eigenvalue weighted by molar-refractivity contribution is 5.85. The van der Waals surface area contributed by atoms with E-state index in [9.17, 15) is 9.59 Å². The zero-order valence-corrected chi connectivity index (χ0v) is 6.99. The Labute approximate surface area is 70.1 Å². The van der Waals surface area contributed by atoms with Crippen LogP contribution in [0.15, 0.2) is 12.2 Å². The van der Waals surface area contributed by atoms with Crippen molar-refractivity contribution in [3.05, 3.63) is 12.2 Å². The van der Waals surface area contributed by atoms with Gasteiger partial charge in [0.05, 0.1) is 0 Å². The molecule has 1 atom stereocenters. The molecule has 0 spiro atoms. The maximum Gasteiger partial charge on any atom is 0.331 e. The van der Waals surface area contributed by atoms with Crippen LogP contribution in [-0.4, -0.2) is 24.1 Å². The van der Waals surface area contributed by atoms with Crippen molar-refractivity contribution in [3.8, 4) is 0 Å². The molecule has 4 heteroatoms. The molecule has 0 bridgehead atoms. The van der Waals surface area contributed by atoms with E-state index in [2.05, 4.69) is 0 Å². The summed E-state index contributed by atoms with van der Waals surface area (Å²) in [7, 11) is 0. The van der Waals surface area contributed by atoms with Gasteiger partial charge in [0.1, 0.15) is 6.61 Å². The molecule has 0 saturated carbocycles. The van der Waals surface area contributed by atoms with Gasteiger partial charge in [0, 0.05) is 13.0 Å². The number of ether oxygens (including phenoxy) is 2. The van der Waals surface area contributed by atoms with Gasteiger partial charge >= 0.3 is 11.9 Å². The van der Waals surface area contributed by atoms with Gasteiger partial charge in [-0.05, 0) is 13.0 Å². The van der Waals surface area contributed by atoms with Crippen LogP contribution >= 0.6 is 0 Å². The molecule has 66 valence electrons. The van der Waals surface area contributed by atoms with Crippen LogP contribution in [0, 0.1) is 0 Å². The first-order valence-corrected chi connectivity index (χ1v) is 3.57. The smallest absolute Gasteiger partial charge is 0.331 e. The SMILES string of the molecule is CC(=O)OCC1(C)C=CC(=O)O1. The molecule has 1 rings (SSSR count). The number of hydrogen-bond acceptors (Lipinski definition) is 4. The summed E-state index contributed by atoms with van der Waals surface area (Å²) in [6.45, 7) is 3.06. The average Bonchev–Trinajstić information content (AvgIpc) is 2.29. The van der Waals surface area contributed by atoms with Crippen LogP contribution in [0.4, 0.5) is 0 Å². The molecule has 4 nitrogen and oxygen atoms in total. The fourth-order valence-corrected chi connectivity index (χ4v) is 0.865. The Morgan fingerprint density at radius 2 is 2.42 bits per heavy atom. The topological polar surface area (TPSA) is 52.6 Å². The third-order valence-electron chi connectivity index (χ3n) is 1.47. The Kier molecular flexibility index (Phi) is 2.17. The molecule has 1 heterocycles. The Bertz CT molecular complexity index is 243. The second-order valence-corrected chi connectivity index (χ2v) is 2.85. The van der Waals surface area contributed by atoms with Crippen molar-refractivity contribution < 1.29 is 19.1 Å². The van der Waals surface area contributed by atoms with Crippen molar-refractivity contribution in [2.45, 2.75) is 19.4 Å². The molecule has 0 radical (unpaired) electrons. The fraction of sp³-hybridized carbons (Fsp3) is 0.500. The Morgan fingerprint density at radius 1 is 1.75 bits per heavy atom. The maximum atomic E-state index is 10.7. The highest BCUT2D eigenvalue weighted by atomic mass is 16.6. The summed E-state index contributed by atoms with van der Waals surface area (Å²) in [6, 6.07) is 0. The molecule has 0 amide bonds. The Balaban J connectivity index is 2.46. The van der Waals surface area contributed by atoms with Crippen LogP contribution in [0.25, 0.3) is 0 Å². The molecule has 0 aromatic heterocycles. The molecule has 1 aliphatic heterocycles. The number of esters is 2. The molecule has 0 fully saturated rings. The summed E-state index contributed by atoms with van der Waals surface area (Å²) in [5, 5.41) is 0. The Hall–Kier alpha value is -1.32. The van der Waals surface area contributed by atoms with Gasteiger partial charge in [-0.1, -0.05) is 0 Å². The molecule has 0 saturated heterocycles. The van der Waals surface area contributed by atoms with E-state index in [1.807, 2.05) is 0 Å². The van der Waals surface area contributed by atoms with Crippen molar-refractivity contribution in [1.82, 2.24) is 0 Å². The summed E-state index contributed by atoms with van der Waals surface area (Å²) in [4.78, 5) is 21.1. The van der Waals surface area contributed by atoms with Gasteiger partial charge in [0.15, 0.2) is 5.60 Å². The third-order valence-corrected chi connectivity index (χ3v) is 1.47. The highest BCUT2D eigenvalue weighted by Crippen LogP contribution is 2.19. The normalized spacial score (nSPS) is 27.0. The number of rotatable bonds is 2. The number of carbonyl (C=O) groups excluding carboxylic acids is 2. The van der Waals surface area contributed by atoms with Crippen molar-refractivity contribution in [2.75, 3.05) is 6.61 Å². The lowest BCUT2D eigenvalue weighted by Crippen LogP contribution is -2.31. The molecular weight excluding hydrogens is 160 g/mol. The number of cyclic esters (lactones) is 1. The van der Waals surface area contributed by atoms with Crippen LogP contribution in [0.2, 0.25) is 0 Å². The van der Waals surface area contributed by atoms with Gasteiger partial charge < -0.3 is 9.47 Å². The van der Waals surface area contributed by atoms with E-state index in [1.165, 1.54) is 13.0 Å². The number of hydrogen-bond donors (Lipinski definition) is 0. The second kappa shape index (κ2) is 2.97. The minimum absolute atomic E-state index is 0.0740. The molecule has 1 aliphatic rings.